The molecule has 0 amide bonds. The molecule has 1 heterocycles. The molecule has 1 unspecified atom stereocenters. The van der Waals surface area contributed by atoms with Crippen LogP contribution in [0.15, 0.2) is 41.7 Å². The summed E-state index contributed by atoms with van der Waals surface area (Å²) in [7, 11) is 1.99. The Kier molecular flexibility index (Phi) is 3.64. The molecule has 4 N–H and O–H groups in total. The van der Waals surface area contributed by atoms with Gasteiger partial charge in [0, 0.05) is 29.0 Å². The first-order valence-corrected chi connectivity index (χ1v) is 6.37. The smallest absolute Gasteiger partial charge is 0.0979 e. The quantitative estimate of drug-likeness (QED) is 0.862. The maximum Gasteiger partial charge on any atom is 0.0979 e. The molecule has 4 heteroatoms. The van der Waals surface area contributed by atoms with Gasteiger partial charge in [0.25, 0.3) is 0 Å². The van der Waals surface area contributed by atoms with Gasteiger partial charge in [0.15, 0.2) is 0 Å². The average Bonchev–Trinajstić information content (AvgIpc) is 2.35. The summed E-state index contributed by atoms with van der Waals surface area (Å²) in [6.07, 6.45) is 2.61. The summed E-state index contributed by atoms with van der Waals surface area (Å²) in [6.45, 7) is 2.10. The lowest BCUT2D eigenvalue weighted by molar-refractivity contribution is 0.346. The lowest BCUT2D eigenvalue weighted by Gasteiger charge is -2.34. The van der Waals surface area contributed by atoms with E-state index in [1.807, 2.05) is 37.4 Å². The SMILES string of the molecule is CCC1=C(c2ccc(Cl)cc2)C(N)=CC(N)N1C. The normalized spacial score (nSPS) is 20.1. The standard InChI is InChI=1S/C14H18ClN3/c1-3-12-14(9-4-6-10(15)7-5-9)11(16)8-13(17)18(12)2/h4-8,13H,3,16-17H2,1-2H3. The largest absolute Gasteiger partial charge is 0.398 e. The molecule has 0 saturated heterocycles. The van der Waals surface area contributed by atoms with E-state index in [1.165, 1.54) is 0 Å². The zero-order valence-electron chi connectivity index (χ0n) is 10.7. The summed E-state index contributed by atoms with van der Waals surface area (Å²) in [5.41, 5.74) is 16.2. The summed E-state index contributed by atoms with van der Waals surface area (Å²) < 4.78 is 0. The minimum absolute atomic E-state index is 0.156. The average molecular weight is 264 g/mol. The van der Waals surface area contributed by atoms with E-state index in [4.69, 9.17) is 23.1 Å². The molecule has 0 radical (unpaired) electrons. The van der Waals surface area contributed by atoms with Crippen LogP contribution in [-0.4, -0.2) is 18.1 Å². The maximum absolute atomic E-state index is 6.13. The number of hydrogen-bond donors (Lipinski definition) is 2. The molecule has 1 aromatic rings. The van der Waals surface area contributed by atoms with Crippen molar-refractivity contribution < 1.29 is 0 Å². The Hall–Kier alpha value is -1.45. The lowest BCUT2D eigenvalue weighted by atomic mass is 9.95. The summed E-state index contributed by atoms with van der Waals surface area (Å²) >= 11 is 5.92. The van der Waals surface area contributed by atoms with E-state index >= 15 is 0 Å². The van der Waals surface area contributed by atoms with Crippen LogP contribution in [0.3, 0.4) is 0 Å². The fourth-order valence-corrected chi connectivity index (χ4v) is 2.40. The number of hydrogen-bond acceptors (Lipinski definition) is 3. The number of allylic oxidation sites excluding steroid dienone is 2. The maximum atomic E-state index is 6.13. The van der Waals surface area contributed by atoms with Gasteiger partial charge in [-0.2, -0.15) is 0 Å². The zero-order chi connectivity index (χ0) is 13.3. The lowest BCUT2D eigenvalue weighted by Crippen LogP contribution is -2.40. The second-order valence-electron chi connectivity index (χ2n) is 4.41. The van der Waals surface area contributed by atoms with Gasteiger partial charge in [-0.3, -0.25) is 0 Å². The Balaban J connectivity index is 2.54. The second kappa shape index (κ2) is 5.04. The van der Waals surface area contributed by atoms with Crippen LogP contribution in [0.4, 0.5) is 0 Å². The third-order valence-electron chi connectivity index (χ3n) is 3.27. The van der Waals surface area contributed by atoms with Gasteiger partial charge < -0.3 is 16.4 Å². The summed E-state index contributed by atoms with van der Waals surface area (Å²) in [5, 5.41) is 0.723. The fraction of sp³-hybridized carbons (Fsp3) is 0.286. The van der Waals surface area contributed by atoms with Gasteiger partial charge in [-0.1, -0.05) is 30.7 Å². The fourth-order valence-electron chi connectivity index (χ4n) is 2.28. The molecular weight excluding hydrogens is 246 g/mol. The van der Waals surface area contributed by atoms with Gasteiger partial charge >= 0.3 is 0 Å². The van der Waals surface area contributed by atoms with Crippen LogP contribution in [0.1, 0.15) is 18.9 Å². The van der Waals surface area contributed by atoms with Crippen LogP contribution in [-0.2, 0) is 0 Å². The predicted octanol–water partition coefficient (Wildman–Crippen LogP) is 2.53. The molecule has 0 spiro atoms. The summed E-state index contributed by atoms with van der Waals surface area (Å²) in [6, 6.07) is 7.72. The van der Waals surface area contributed by atoms with Crippen molar-refractivity contribution in [3.05, 3.63) is 52.3 Å². The van der Waals surface area contributed by atoms with Crippen molar-refractivity contribution in [2.24, 2.45) is 11.5 Å². The zero-order valence-corrected chi connectivity index (χ0v) is 11.4. The number of likely N-dealkylation sites (N-methyl/N-ethyl adjacent to an activating group) is 1. The number of nitrogens with zero attached hydrogens (tertiary/aromatic N) is 1. The first-order chi connectivity index (χ1) is 8.54. The molecule has 0 fully saturated rings. The van der Waals surface area contributed by atoms with E-state index in [0.717, 1.165) is 34.0 Å². The minimum Gasteiger partial charge on any atom is -0.398 e. The number of benzene rings is 1. The minimum atomic E-state index is -0.156. The van der Waals surface area contributed by atoms with E-state index in [1.54, 1.807) is 0 Å². The molecule has 0 aromatic heterocycles. The van der Waals surface area contributed by atoms with E-state index in [2.05, 4.69) is 11.8 Å². The summed E-state index contributed by atoms with van der Waals surface area (Å²) in [5.74, 6) is 0. The molecule has 1 aliphatic heterocycles. The molecule has 1 aromatic carbocycles. The van der Waals surface area contributed by atoms with Crippen LogP contribution in [0.25, 0.3) is 5.57 Å². The molecular formula is C14H18ClN3. The van der Waals surface area contributed by atoms with Gasteiger partial charge in [0.1, 0.15) is 0 Å². The Morgan fingerprint density at radius 1 is 1.28 bits per heavy atom. The van der Waals surface area contributed by atoms with E-state index < -0.39 is 0 Å². The van der Waals surface area contributed by atoms with E-state index in [-0.39, 0.29) is 6.17 Å². The monoisotopic (exact) mass is 263 g/mol. The molecule has 0 aliphatic carbocycles. The Morgan fingerprint density at radius 2 is 1.89 bits per heavy atom. The Bertz CT molecular complexity index is 502. The molecule has 96 valence electrons. The molecule has 18 heavy (non-hydrogen) atoms. The van der Waals surface area contributed by atoms with Crippen LogP contribution < -0.4 is 11.5 Å². The Morgan fingerprint density at radius 3 is 2.44 bits per heavy atom. The van der Waals surface area contributed by atoms with Crippen molar-refractivity contribution in [2.45, 2.75) is 19.5 Å². The highest BCUT2D eigenvalue weighted by atomic mass is 35.5. The molecule has 0 saturated carbocycles. The highest BCUT2D eigenvalue weighted by Gasteiger charge is 2.22. The van der Waals surface area contributed by atoms with Crippen molar-refractivity contribution in [2.75, 3.05) is 7.05 Å². The third kappa shape index (κ3) is 2.24. The number of nitrogens with two attached hydrogens (primary N) is 2. The van der Waals surface area contributed by atoms with Crippen LogP contribution in [0, 0.1) is 0 Å². The van der Waals surface area contributed by atoms with Gasteiger partial charge in [-0.25, -0.2) is 0 Å². The first-order valence-electron chi connectivity index (χ1n) is 5.99. The molecule has 0 bridgehead atoms. The molecule has 1 aliphatic rings. The van der Waals surface area contributed by atoms with Crippen molar-refractivity contribution in [3.8, 4) is 0 Å². The molecule has 2 rings (SSSR count). The van der Waals surface area contributed by atoms with Crippen molar-refractivity contribution >= 4 is 17.2 Å². The number of rotatable bonds is 2. The van der Waals surface area contributed by atoms with Gasteiger partial charge in [-0.15, -0.1) is 0 Å². The van der Waals surface area contributed by atoms with Crippen molar-refractivity contribution in [3.63, 3.8) is 0 Å². The predicted molar refractivity (Wildman–Crippen MR) is 76.7 cm³/mol. The van der Waals surface area contributed by atoms with E-state index in [9.17, 15) is 0 Å². The highest BCUT2D eigenvalue weighted by molar-refractivity contribution is 6.30. The van der Waals surface area contributed by atoms with Crippen LogP contribution in [0.2, 0.25) is 5.02 Å². The number of halogens is 1. The van der Waals surface area contributed by atoms with Gasteiger partial charge in [-0.05, 0) is 30.2 Å². The van der Waals surface area contributed by atoms with E-state index in [0.29, 0.717) is 0 Å². The Labute approximate surface area is 113 Å². The second-order valence-corrected chi connectivity index (χ2v) is 4.84. The van der Waals surface area contributed by atoms with Crippen LogP contribution in [0.5, 0.6) is 0 Å². The topological polar surface area (TPSA) is 55.3 Å². The van der Waals surface area contributed by atoms with Crippen molar-refractivity contribution in [1.29, 1.82) is 0 Å². The summed E-state index contributed by atoms with van der Waals surface area (Å²) in [4.78, 5) is 2.06. The molecule has 3 nitrogen and oxygen atoms in total. The highest BCUT2D eigenvalue weighted by Crippen LogP contribution is 2.32. The van der Waals surface area contributed by atoms with Gasteiger partial charge in [0.2, 0.25) is 0 Å². The van der Waals surface area contributed by atoms with Gasteiger partial charge in [0.05, 0.1) is 6.17 Å². The third-order valence-corrected chi connectivity index (χ3v) is 3.52. The van der Waals surface area contributed by atoms with Crippen molar-refractivity contribution in [1.82, 2.24) is 4.90 Å². The van der Waals surface area contributed by atoms with Crippen LogP contribution >= 0.6 is 11.6 Å². The first kappa shape index (κ1) is 13.0. The molecule has 1 atom stereocenters.